The van der Waals surface area contributed by atoms with Gasteiger partial charge in [-0.15, -0.1) is 0 Å². The summed E-state index contributed by atoms with van der Waals surface area (Å²) in [6.07, 6.45) is 6.51. The summed E-state index contributed by atoms with van der Waals surface area (Å²) in [5.41, 5.74) is 0.299. The molecule has 0 amide bonds. The highest BCUT2D eigenvalue weighted by molar-refractivity contribution is 7.89. The molecular weight excluding hydrogens is 342 g/mol. The molecule has 3 heterocycles. The van der Waals surface area contributed by atoms with Crippen molar-refractivity contribution in [3.63, 3.8) is 0 Å². The number of hydrogen-bond donors (Lipinski definition) is 0. The molecule has 0 saturated carbocycles. The van der Waals surface area contributed by atoms with Crippen LogP contribution in [-0.4, -0.2) is 60.6 Å². The summed E-state index contributed by atoms with van der Waals surface area (Å²) in [7, 11) is -3.60. The van der Waals surface area contributed by atoms with Crippen molar-refractivity contribution in [1.82, 2.24) is 13.9 Å². The minimum absolute atomic E-state index is 0.0603. The van der Waals surface area contributed by atoms with E-state index in [1.165, 1.54) is 25.1 Å². The van der Waals surface area contributed by atoms with Crippen molar-refractivity contribution in [2.45, 2.75) is 32.2 Å². The average molecular weight is 365 g/mol. The highest BCUT2D eigenvalue weighted by atomic mass is 32.2. The van der Waals surface area contributed by atoms with Crippen LogP contribution in [0.25, 0.3) is 11.0 Å². The maximum Gasteiger partial charge on any atom is 0.237 e. The van der Waals surface area contributed by atoms with Gasteiger partial charge in [0.25, 0.3) is 0 Å². The van der Waals surface area contributed by atoms with E-state index in [-0.39, 0.29) is 11.3 Å². The number of likely N-dealkylation sites (tertiary alicyclic amines) is 1. The van der Waals surface area contributed by atoms with E-state index >= 15 is 0 Å². The molecule has 25 heavy (non-hydrogen) atoms. The number of aromatic nitrogens is 2. The fraction of sp³-hybridized carbons (Fsp3) is 0.529. The molecule has 0 aliphatic carbocycles. The smallest absolute Gasteiger partial charge is 0.237 e. The van der Waals surface area contributed by atoms with E-state index in [0.29, 0.717) is 30.1 Å². The number of nitrogens with zero attached hydrogens (tertiary/aromatic N) is 3. The minimum Gasteiger partial charge on any atom is -0.492 e. The van der Waals surface area contributed by atoms with Gasteiger partial charge in [-0.05, 0) is 44.9 Å². The zero-order valence-electron chi connectivity index (χ0n) is 14.5. The monoisotopic (exact) mass is 365 g/mol. The quantitative estimate of drug-likeness (QED) is 0.551. The van der Waals surface area contributed by atoms with E-state index in [1.54, 1.807) is 6.07 Å². The summed E-state index contributed by atoms with van der Waals surface area (Å²) in [5, 5.41) is 0.568. The van der Waals surface area contributed by atoms with Crippen molar-refractivity contribution >= 4 is 27.3 Å². The minimum atomic E-state index is -3.60. The van der Waals surface area contributed by atoms with E-state index in [9.17, 15) is 13.2 Å². The first-order valence-electron chi connectivity index (χ1n) is 8.44. The lowest BCUT2D eigenvalue weighted by Crippen LogP contribution is -2.28. The normalized spacial score (nSPS) is 18.7. The van der Waals surface area contributed by atoms with Crippen molar-refractivity contribution < 1.29 is 17.9 Å². The number of carbonyl (C=O) groups excluding carboxylic acids is 1. The lowest BCUT2D eigenvalue weighted by atomic mass is 10.2. The molecule has 0 unspecified atom stereocenters. The average Bonchev–Trinajstić information content (AvgIpc) is 3.13. The molecule has 0 radical (unpaired) electrons. The van der Waals surface area contributed by atoms with Gasteiger partial charge in [0, 0.05) is 18.0 Å². The molecule has 2 aromatic heterocycles. The first kappa shape index (κ1) is 17.9. The maximum absolute atomic E-state index is 11.9. The molecular formula is C17H23N3O4S. The van der Waals surface area contributed by atoms with Gasteiger partial charge in [-0.2, -0.15) is 0 Å². The molecule has 1 aliphatic rings. The fourth-order valence-corrected chi connectivity index (χ4v) is 4.31. The molecule has 2 aromatic rings. The zero-order chi connectivity index (χ0) is 18.0. The number of ether oxygens (including phenoxy) is 1. The van der Waals surface area contributed by atoms with E-state index in [2.05, 4.69) is 16.8 Å². The lowest BCUT2D eigenvalue weighted by Gasteiger charge is -2.20. The number of carbonyl (C=O) groups is 1. The van der Waals surface area contributed by atoms with Crippen LogP contribution in [0.15, 0.2) is 18.3 Å². The van der Waals surface area contributed by atoms with Crippen LogP contribution >= 0.6 is 0 Å². The Morgan fingerprint density at radius 3 is 2.84 bits per heavy atom. The van der Waals surface area contributed by atoms with E-state index in [0.717, 1.165) is 29.7 Å². The van der Waals surface area contributed by atoms with Gasteiger partial charge >= 0.3 is 0 Å². The van der Waals surface area contributed by atoms with Crippen LogP contribution in [0.4, 0.5) is 0 Å². The fourth-order valence-electron chi connectivity index (χ4n) is 3.36. The van der Waals surface area contributed by atoms with Gasteiger partial charge in [0.15, 0.2) is 11.9 Å². The van der Waals surface area contributed by atoms with Gasteiger partial charge in [-0.1, -0.05) is 0 Å². The van der Waals surface area contributed by atoms with E-state index < -0.39 is 10.0 Å². The largest absolute Gasteiger partial charge is 0.492 e. The van der Waals surface area contributed by atoms with Gasteiger partial charge in [0.1, 0.15) is 5.75 Å². The first-order chi connectivity index (χ1) is 11.9. The van der Waals surface area contributed by atoms with E-state index in [4.69, 9.17) is 4.74 Å². The Bertz CT molecular complexity index is 875. The number of aldehydes is 1. The Labute approximate surface area is 147 Å². The molecule has 136 valence electrons. The number of fused-ring (bicyclic) bond motifs is 1. The van der Waals surface area contributed by atoms with Crippen LogP contribution in [0.3, 0.4) is 0 Å². The van der Waals surface area contributed by atoms with Crippen LogP contribution in [0, 0.1) is 0 Å². The van der Waals surface area contributed by atoms with Crippen molar-refractivity contribution in [3.8, 4) is 5.75 Å². The highest BCUT2D eigenvalue weighted by Gasteiger charge is 2.19. The molecule has 3 rings (SSSR count). The Kier molecular flexibility index (Phi) is 5.10. The lowest BCUT2D eigenvalue weighted by molar-refractivity contribution is 0.111. The topological polar surface area (TPSA) is 81.5 Å². The summed E-state index contributed by atoms with van der Waals surface area (Å²) in [5.74, 6) is 0.574. The summed E-state index contributed by atoms with van der Waals surface area (Å²) >= 11 is 0. The van der Waals surface area contributed by atoms with E-state index in [1.807, 2.05) is 0 Å². The van der Waals surface area contributed by atoms with Crippen molar-refractivity contribution in [3.05, 3.63) is 24.0 Å². The van der Waals surface area contributed by atoms with Gasteiger partial charge in [-0.25, -0.2) is 17.4 Å². The van der Waals surface area contributed by atoms with Gasteiger partial charge in [-0.3, -0.25) is 4.79 Å². The molecule has 1 fully saturated rings. The summed E-state index contributed by atoms with van der Waals surface area (Å²) < 4.78 is 30.4. The second-order valence-corrected chi connectivity index (χ2v) is 8.36. The number of pyridine rings is 1. The van der Waals surface area contributed by atoms with Crippen LogP contribution in [0.2, 0.25) is 0 Å². The number of rotatable bonds is 7. The molecule has 7 nitrogen and oxygen atoms in total. The van der Waals surface area contributed by atoms with Crippen molar-refractivity contribution in [2.75, 3.05) is 26.0 Å². The second-order valence-electron chi connectivity index (χ2n) is 6.53. The molecule has 1 aliphatic heterocycles. The first-order valence-corrected chi connectivity index (χ1v) is 10.3. The van der Waals surface area contributed by atoms with Gasteiger partial charge in [0.05, 0.1) is 24.8 Å². The molecule has 0 bridgehead atoms. The van der Waals surface area contributed by atoms with Crippen LogP contribution in [0.5, 0.6) is 5.75 Å². The molecule has 0 aromatic carbocycles. The Morgan fingerprint density at radius 2 is 2.20 bits per heavy atom. The standard InChI is InChI=1S/C17H23N3O4S/c1-13-5-3-6-19(13)7-4-8-24-16-10-14-9-15(12-21)20(25(2,22)23)17(14)18-11-16/h9-13H,3-8H2,1-2H3/t13-/m1/s1. The molecule has 1 saturated heterocycles. The third-order valence-corrected chi connectivity index (χ3v) is 5.65. The molecule has 8 heteroatoms. The molecule has 0 N–H and O–H groups in total. The summed E-state index contributed by atoms with van der Waals surface area (Å²) in [6, 6.07) is 3.88. The van der Waals surface area contributed by atoms with Crippen molar-refractivity contribution in [2.24, 2.45) is 0 Å². The Hall–Kier alpha value is -1.93. The van der Waals surface area contributed by atoms with Crippen molar-refractivity contribution in [1.29, 1.82) is 0 Å². The molecule has 1 atom stereocenters. The predicted molar refractivity (Wildman–Crippen MR) is 95.7 cm³/mol. The predicted octanol–water partition coefficient (Wildman–Crippen LogP) is 1.91. The second kappa shape index (κ2) is 7.13. The number of hydrogen-bond acceptors (Lipinski definition) is 6. The summed E-state index contributed by atoms with van der Waals surface area (Å²) in [4.78, 5) is 17.8. The summed E-state index contributed by atoms with van der Waals surface area (Å²) in [6.45, 7) is 4.99. The van der Waals surface area contributed by atoms with Gasteiger partial charge in [0.2, 0.25) is 10.0 Å². The molecule has 0 spiro atoms. The van der Waals surface area contributed by atoms with Crippen LogP contribution in [-0.2, 0) is 10.0 Å². The highest BCUT2D eigenvalue weighted by Crippen LogP contribution is 2.23. The third-order valence-electron chi connectivity index (χ3n) is 4.60. The Morgan fingerprint density at radius 1 is 1.40 bits per heavy atom. The van der Waals surface area contributed by atoms with Gasteiger partial charge < -0.3 is 9.64 Å². The Balaban J connectivity index is 1.68. The zero-order valence-corrected chi connectivity index (χ0v) is 15.3. The SMILES string of the molecule is C[C@@H]1CCCN1CCCOc1cnc2c(c1)cc(C=O)n2S(C)(=O)=O. The maximum atomic E-state index is 11.9. The third kappa shape index (κ3) is 3.85. The van der Waals surface area contributed by atoms with Crippen LogP contribution in [0.1, 0.15) is 36.7 Å². The van der Waals surface area contributed by atoms with Crippen LogP contribution < -0.4 is 4.74 Å².